The standard InChI is InChI=1S/C26H33N5O8.C10H17NO2.C3H8.C2H6/c1-18(25(36)29-20-8-6-19(7-9-20)16-39-26(37)30-13-14-38-17-30)28-22(33)15-27-21(32)5-3-2-4-12-31-23(34)10-11-24(31)35;1-8-5-6-11(7-8)9(12)13-10(2,3)4;1-3-2;1-2/h6-11,18H,2-5,12-17H2,1H3,(H,27,32)(H,28,33)(H,29,36);1,5-7H2,2-4H3;3H2,1-2H3;1-2H3. The van der Waals surface area contributed by atoms with E-state index >= 15 is 0 Å². The topological polar surface area (TPSA) is 193 Å². The van der Waals surface area contributed by atoms with Crippen molar-refractivity contribution in [1.29, 1.82) is 0 Å². The summed E-state index contributed by atoms with van der Waals surface area (Å²) in [6, 6.07) is 5.90. The molecule has 0 bridgehead atoms. The zero-order valence-corrected chi connectivity index (χ0v) is 35.1. The van der Waals surface area contributed by atoms with Crippen LogP contribution in [0.25, 0.3) is 0 Å². The average Bonchev–Trinajstić information content (AvgIpc) is 3.94. The number of amides is 7. The first kappa shape index (κ1) is 49.8. The van der Waals surface area contributed by atoms with Crippen molar-refractivity contribution < 1.29 is 47.8 Å². The zero-order chi connectivity index (χ0) is 43.0. The van der Waals surface area contributed by atoms with Crippen LogP contribution in [-0.4, -0.2) is 114 Å². The highest BCUT2D eigenvalue weighted by Gasteiger charge is 2.26. The van der Waals surface area contributed by atoms with Gasteiger partial charge in [0, 0.05) is 50.4 Å². The summed E-state index contributed by atoms with van der Waals surface area (Å²) in [5.41, 5.74) is 1.95. The predicted octanol–water partition coefficient (Wildman–Crippen LogP) is 5.28. The van der Waals surface area contributed by atoms with Gasteiger partial charge in [0.25, 0.3) is 11.8 Å². The first-order valence-electron chi connectivity index (χ1n) is 19.7. The number of nitrogens with zero attached hydrogens (tertiary/aromatic N) is 3. The molecule has 0 saturated carbocycles. The molecule has 2 saturated heterocycles. The van der Waals surface area contributed by atoms with Crippen LogP contribution in [0.4, 0.5) is 15.3 Å². The fourth-order valence-electron chi connectivity index (χ4n) is 4.94. The van der Waals surface area contributed by atoms with Crippen LogP contribution in [-0.2, 0) is 44.8 Å². The normalized spacial score (nSPS) is 14.9. The van der Waals surface area contributed by atoms with Gasteiger partial charge in [-0.15, -0.1) is 0 Å². The van der Waals surface area contributed by atoms with Gasteiger partial charge >= 0.3 is 12.2 Å². The molecule has 0 aliphatic carbocycles. The van der Waals surface area contributed by atoms with Crippen LogP contribution in [0.5, 0.6) is 0 Å². The third kappa shape index (κ3) is 20.5. The van der Waals surface area contributed by atoms with Crippen LogP contribution in [0.3, 0.4) is 0 Å². The third-order valence-electron chi connectivity index (χ3n) is 7.80. The number of ether oxygens (including phenoxy) is 3. The Balaban J connectivity index is 0.000000749. The van der Waals surface area contributed by atoms with E-state index in [2.05, 4.69) is 36.4 Å². The Labute approximate surface area is 337 Å². The number of hydrogen-bond donors (Lipinski definition) is 3. The van der Waals surface area contributed by atoms with Crippen molar-refractivity contribution in [3.63, 3.8) is 0 Å². The van der Waals surface area contributed by atoms with Gasteiger partial charge in [-0.05, 0) is 64.7 Å². The molecule has 3 aliphatic rings. The lowest BCUT2D eigenvalue weighted by molar-refractivity contribution is -0.137. The van der Waals surface area contributed by atoms with E-state index in [1.807, 2.05) is 34.6 Å². The Morgan fingerprint density at radius 2 is 1.53 bits per heavy atom. The Morgan fingerprint density at radius 1 is 0.895 bits per heavy atom. The summed E-state index contributed by atoms with van der Waals surface area (Å²) in [6.45, 7) is 21.9. The van der Waals surface area contributed by atoms with E-state index in [4.69, 9.17) is 14.2 Å². The Morgan fingerprint density at radius 3 is 2.07 bits per heavy atom. The van der Waals surface area contributed by atoms with Crippen LogP contribution in [0.2, 0.25) is 0 Å². The summed E-state index contributed by atoms with van der Waals surface area (Å²) in [6.07, 6.45) is 5.92. The van der Waals surface area contributed by atoms with Gasteiger partial charge in [-0.1, -0.05) is 64.8 Å². The van der Waals surface area contributed by atoms with Crippen LogP contribution in [0.15, 0.2) is 48.6 Å². The maximum atomic E-state index is 12.4. The molecule has 2 fully saturated rings. The number of likely N-dealkylation sites (tertiary alicyclic amines) is 1. The van der Waals surface area contributed by atoms with Crippen LogP contribution >= 0.6 is 0 Å². The van der Waals surface area contributed by atoms with Gasteiger partial charge in [0.05, 0.1) is 13.2 Å². The molecule has 0 spiro atoms. The van der Waals surface area contributed by atoms with E-state index in [-0.39, 0.29) is 50.1 Å². The number of unbranched alkanes of at least 4 members (excludes halogenated alkanes) is 2. The van der Waals surface area contributed by atoms with Crippen molar-refractivity contribution in [2.75, 3.05) is 51.4 Å². The van der Waals surface area contributed by atoms with E-state index in [9.17, 15) is 33.6 Å². The molecule has 1 aromatic carbocycles. The number of rotatable bonds is 13. The quantitative estimate of drug-likeness (QED) is 0.134. The number of carbonyl (C=O) groups is 7. The molecule has 4 rings (SSSR count). The second-order valence-electron chi connectivity index (χ2n) is 14.2. The predicted molar refractivity (Wildman–Crippen MR) is 217 cm³/mol. The first-order valence-corrected chi connectivity index (χ1v) is 19.7. The van der Waals surface area contributed by atoms with E-state index in [1.165, 1.54) is 30.4 Å². The molecule has 57 heavy (non-hydrogen) atoms. The third-order valence-corrected chi connectivity index (χ3v) is 7.80. The van der Waals surface area contributed by atoms with Gasteiger partial charge in [-0.2, -0.15) is 0 Å². The second-order valence-corrected chi connectivity index (χ2v) is 14.2. The zero-order valence-electron chi connectivity index (χ0n) is 35.1. The highest BCUT2D eigenvalue weighted by Crippen LogP contribution is 2.17. The fraction of sp³-hybridized carbons (Fsp3) is 0.585. The van der Waals surface area contributed by atoms with Crippen molar-refractivity contribution in [2.45, 2.75) is 112 Å². The molecule has 1 unspecified atom stereocenters. The van der Waals surface area contributed by atoms with Gasteiger partial charge in [-0.25, -0.2) is 9.59 Å². The molecule has 3 aliphatic heterocycles. The SMILES string of the molecule is C=C1CCN(C(=O)OC(C)(C)C)C1.CC.CC(NC(=O)CNC(=O)CCCCCN1C(=O)C=CC1=O)C(=O)Nc1ccc(COC(=O)N2CCOC2)cc1.CCC. The van der Waals surface area contributed by atoms with Gasteiger partial charge in [0.1, 0.15) is 25.0 Å². The summed E-state index contributed by atoms with van der Waals surface area (Å²) >= 11 is 0. The highest BCUT2D eigenvalue weighted by molar-refractivity contribution is 6.12. The first-order chi connectivity index (χ1) is 27.0. The second kappa shape index (κ2) is 26.6. The van der Waals surface area contributed by atoms with E-state index < -0.39 is 29.6 Å². The molecule has 0 radical (unpaired) electrons. The van der Waals surface area contributed by atoms with Crippen molar-refractivity contribution in [3.8, 4) is 0 Å². The maximum absolute atomic E-state index is 12.4. The number of hydrogen-bond acceptors (Lipinski definition) is 10. The molecule has 1 aromatic rings. The Kier molecular flexibility index (Phi) is 23.2. The number of benzene rings is 1. The molecule has 318 valence electrons. The minimum absolute atomic E-state index is 0.0834. The maximum Gasteiger partial charge on any atom is 0.412 e. The van der Waals surface area contributed by atoms with Crippen molar-refractivity contribution in [1.82, 2.24) is 25.3 Å². The number of anilines is 1. The fourth-order valence-corrected chi connectivity index (χ4v) is 4.94. The summed E-state index contributed by atoms with van der Waals surface area (Å²) < 4.78 is 15.6. The minimum atomic E-state index is -0.844. The van der Waals surface area contributed by atoms with Gasteiger partial charge in [0.2, 0.25) is 17.7 Å². The molecule has 7 amide bonds. The minimum Gasteiger partial charge on any atom is -0.444 e. The van der Waals surface area contributed by atoms with Crippen molar-refractivity contribution in [3.05, 3.63) is 54.1 Å². The molecule has 0 aromatic heterocycles. The van der Waals surface area contributed by atoms with E-state index in [1.54, 1.807) is 29.2 Å². The summed E-state index contributed by atoms with van der Waals surface area (Å²) in [4.78, 5) is 87.2. The Bertz CT molecular complexity index is 1500. The molecule has 16 heteroatoms. The lowest BCUT2D eigenvalue weighted by Gasteiger charge is -2.23. The van der Waals surface area contributed by atoms with Crippen molar-refractivity contribution >= 4 is 47.4 Å². The molecular formula is C41H64N6O10. The highest BCUT2D eigenvalue weighted by atomic mass is 16.6. The number of imide groups is 1. The van der Waals surface area contributed by atoms with Gasteiger partial charge in [-0.3, -0.25) is 33.8 Å². The summed E-state index contributed by atoms with van der Waals surface area (Å²) in [5.74, 6) is -1.91. The molecular weight excluding hydrogens is 736 g/mol. The Hall–Kier alpha value is -5.25. The summed E-state index contributed by atoms with van der Waals surface area (Å²) in [7, 11) is 0. The molecule has 1 atom stereocenters. The van der Waals surface area contributed by atoms with Gasteiger partial charge in [0.15, 0.2) is 0 Å². The van der Waals surface area contributed by atoms with Crippen LogP contribution in [0.1, 0.15) is 99.5 Å². The van der Waals surface area contributed by atoms with Crippen LogP contribution in [0, 0.1) is 0 Å². The molecule has 3 N–H and O–H groups in total. The summed E-state index contributed by atoms with van der Waals surface area (Å²) in [5, 5.41) is 7.73. The van der Waals surface area contributed by atoms with E-state index in [0.29, 0.717) is 51.2 Å². The van der Waals surface area contributed by atoms with E-state index in [0.717, 1.165) is 29.0 Å². The monoisotopic (exact) mass is 800 g/mol. The van der Waals surface area contributed by atoms with Gasteiger partial charge < -0.3 is 35.1 Å². The van der Waals surface area contributed by atoms with Crippen LogP contribution < -0.4 is 16.0 Å². The number of nitrogens with one attached hydrogen (secondary N) is 3. The molecule has 16 nitrogen and oxygen atoms in total. The largest absolute Gasteiger partial charge is 0.444 e. The molecule has 3 heterocycles. The lowest BCUT2D eigenvalue weighted by Crippen LogP contribution is -2.45. The smallest absolute Gasteiger partial charge is 0.412 e. The van der Waals surface area contributed by atoms with Crippen molar-refractivity contribution in [2.24, 2.45) is 0 Å². The lowest BCUT2D eigenvalue weighted by atomic mass is 10.2. The average molecular weight is 801 g/mol. The number of carbonyl (C=O) groups excluding carboxylic acids is 7.